The van der Waals surface area contributed by atoms with Crippen LogP contribution in [0.2, 0.25) is 0 Å². The zero-order valence-electron chi connectivity index (χ0n) is 17.8. The number of aromatic nitrogens is 2. The number of benzene rings is 2. The van der Waals surface area contributed by atoms with Crippen LogP contribution in [0.3, 0.4) is 0 Å². The molecule has 1 heterocycles. The average molecular weight is 472 g/mol. The molecule has 3 aromatic rings. The van der Waals surface area contributed by atoms with Crippen molar-refractivity contribution in [2.45, 2.75) is 46.1 Å². The molecule has 2 aromatic carbocycles. The quantitative estimate of drug-likeness (QED) is 0.435. The van der Waals surface area contributed by atoms with Crippen molar-refractivity contribution in [3.63, 3.8) is 0 Å². The maximum absolute atomic E-state index is 13.2. The topological polar surface area (TPSA) is 65.7 Å². The predicted octanol–water partition coefficient (Wildman–Crippen LogP) is 5.35. The normalized spacial score (nSPS) is 12.6. The van der Waals surface area contributed by atoms with Crippen molar-refractivity contribution < 1.29 is 9.47 Å². The van der Waals surface area contributed by atoms with Crippen molar-refractivity contribution in [1.29, 1.82) is 0 Å². The summed E-state index contributed by atoms with van der Waals surface area (Å²) < 4.78 is 13.4. The third-order valence-electron chi connectivity index (χ3n) is 4.76. The summed E-state index contributed by atoms with van der Waals surface area (Å²) in [6.45, 7) is 8.03. The van der Waals surface area contributed by atoms with Gasteiger partial charge in [-0.3, -0.25) is 4.79 Å². The molecule has 0 unspecified atom stereocenters. The number of fused-ring (bicyclic) bond motifs is 1. The number of hydrogen-bond acceptors (Lipinski definition) is 5. The van der Waals surface area contributed by atoms with Gasteiger partial charge in [0.25, 0.3) is 5.56 Å². The van der Waals surface area contributed by atoms with Crippen LogP contribution in [0.5, 0.6) is 11.5 Å². The minimum Gasteiger partial charge on any atom is -0.493 e. The van der Waals surface area contributed by atoms with Crippen LogP contribution in [-0.4, -0.2) is 29.1 Å². The van der Waals surface area contributed by atoms with E-state index in [2.05, 4.69) is 28.0 Å². The Labute approximate surface area is 184 Å². The highest BCUT2D eigenvalue weighted by Crippen LogP contribution is 2.28. The molecule has 0 aliphatic rings. The second-order valence-electron chi connectivity index (χ2n) is 7.38. The Bertz CT molecular complexity index is 1140. The van der Waals surface area contributed by atoms with Crippen molar-refractivity contribution in [2.75, 3.05) is 7.11 Å². The van der Waals surface area contributed by atoms with Crippen molar-refractivity contribution in [2.24, 2.45) is 5.10 Å². The van der Waals surface area contributed by atoms with Gasteiger partial charge in [-0.05, 0) is 62.2 Å². The molecule has 30 heavy (non-hydrogen) atoms. The van der Waals surface area contributed by atoms with Gasteiger partial charge < -0.3 is 9.47 Å². The lowest BCUT2D eigenvalue weighted by Crippen LogP contribution is -2.23. The molecule has 0 saturated heterocycles. The minimum atomic E-state index is -0.195. The van der Waals surface area contributed by atoms with Crippen LogP contribution in [0, 0.1) is 0 Å². The molecule has 0 fully saturated rings. The summed E-state index contributed by atoms with van der Waals surface area (Å²) in [5.41, 5.74) is 1.26. The summed E-state index contributed by atoms with van der Waals surface area (Å²) in [6.07, 6.45) is 2.53. The molecule has 0 spiro atoms. The largest absolute Gasteiger partial charge is 0.493 e. The molecule has 0 aliphatic carbocycles. The molecule has 158 valence electrons. The average Bonchev–Trinajstić information content (AvgIpc) is 2.73. The first-order chi connectivity index (χ1) is 14.3. The Balaban J connectivity index is 2.09. The highest BCUT2D eigenvalue weighted by atomic mass is 79.9. The fraction of sp³-hybridized carbons (Fsp3) is 0.348. The third-order valence-corrected chi connectivity index (χ3v) is 5.25. The third kappa shape index (κ3) is 4.73. The van der Waals surface area contributed by atoms with Crippen molar-refractivity contribution in [3.05, 3.63) is 62.6 Å². The number of methoxy groups -OCH3 is 1. The Morgan fingerprint density at radius 2 is 1.93 bits per heavy atom. The standard InChI is InChI=1S/C23H26BrN3O3/c1-6-15(4)22-26-19-9-8-17(24)12-18(19)23(28)27(22)25-13-16-7-10-20(30-14(2)3)21(11-16)29-5/h7-15H,6H2,1-5H3/t15-/m0/s1. The first-order valence-electron chi connectivity index (χ1n) is 9.95. The van der Waals surface area contributed by atoms with E-state index in [1.54, 1.807) is 19.4 Å². The van der Waals surface area contributed by atoms with E-state index in [4.69, 9.17) is 14.5 Å². The van der Waals surface area contributed by atoms with Gasteiger partial charge in [0.1, 0.15) is 5.82 Å². The summed E-state index contributed by atoms with van der Waals surface area (Å²) in [6, 6.07) is 11.1. The maximum atomic E-state index is 13.2. The second kappa shape index (κ2) is 9.43. The Morgan fingerprint density at radius 3 is 2.60 bits per heavy atom. The molecule has 3 rings (SSSR count). The van der Waals surface area contributed by atoms with E-state index in [-0.39, 0.29) is 17.6 Å². The van der Waals surface area contributed by atoms with E-state index in [1.165, 1.54) is 4.68 Å². The molecule has 6 nitrogen and oxygen atoms in total. The molecule has 0 aliphatic heterocycles. The van der Waals surface area contributed by atoms with Gasteiger partial charge in [0.15, 0.2) is 11.5 Å². The molecule has 1 aromatic heterocycles. The van der Waals surface area contributed by atoms with Crippen LogP contribution in [0.15, 0.2) is 50.8 Å². The number of rotatable bonds is 7. The Kier molecular flexibility index (Phi) is 6.92. The SMILES string of the molecule is CC[C@H](C)c1nc2ccc(Br)cc2c(=O)n1N=Cc1ccc(OC(C)C)c(OC)c1. The van der Waals surface area contributed by atoms with Crippen LogP contribution in [0.1, 0.15) is 51.4 Å². The van der Waals surface area contributed by atoms with Crippen molar-refractivity contribution in [1.82, 2.24) is 9.66 Å². The van der Waals surface area contributed by atoms with E-state index >= 15 is 0 Å². The molecular formula is C23H26BrN3O3. The zero-order valence-corrected chi connectivity index (χ0v) is 19.4. The monoisotopic (exact) mass is 471 g/mol. The summed E-state index contributed by atoms with van der Waals surface area (Å²) >= 11 is 3.43. The smallest absolute Gasteiger partial charge is 0.282 e. The van der Waals surface area contributed by atoms with Gasteiger partial charge in [0.2, 0.25) is 0 Å². The van der Waals surface area contributed by atoms with Crippen molar-refractivity contribution >= 4 is 33.0 Å². The minimum absolute atomic E-state index is 0.0399. The second-order valence-corrected chi connectivity index (χ2v) is 8.29. The molecule has 0 amide bonds. The summed E-state index contributed by atoms with van der Waals surface area (Å²) in [4.78, 5) is 17.9. The van der Waals surface area contributed by atoms with Crippen LogP contribution >= 0.6 is 15.9 Å². The van der Waals surface area contributed by atoms with Gasteiger partial charge in [-0.25, -0.2) is 4.98 Å². The van der Waals surface area contributed by atoms with Gasteiger partial charge in [-0.15, -0.1) is 0 Å². The fourth-order valence-corrected chi connectivity index (χ4v) is 3.38. The van der Waals surface area contributed by atoms with Crippen LogP contribution < -0.4 is 15.0 Å². The summed E-state index contributed by atoms with van der Waals surface area (Å²) in [5.74, 6) is 2.00. The van der Waals surface area contributed by atoms with E-state index in [1.807, 2.05) is 51.1 Å². The van der Waals surface area contributed by atoms with Crippen LogP contribution in [-0.2, 0) is 0 Å². The first-order valence-corrected chi connectivity index (χ1v) is 10.7. The predicted molar refractivity (Wildman–Crippen MR) is 124 cm³/mol. The highest BCUT2D eigenvalue weighted by Gasteiger charge is 2.15. The van der Waals surface area contributed by atoms with Crippen LogP contribution in [0.4, 0.5) is 0 Å². The molecule has 1 atom stereocenters. The van der Waals surface area contributed by atoms with E-state index in [0.717, 1.165) is 16.5 Å². The molecular weight excluding hydrogens is 446 g/mol. The molecule has 0 N–H and O–H groups in total. The summed E-state index contributed by atoms with van der Waals surface area (Å²) in [7, 11) is 1.60. The van der Waals surface area contributed by atoms with Crippen molar-refractivity contribution in [3.8, 4) is 11.5 Å². The Hall–Kier alpha value is -2.67. The van der Waals surface area contributed by atoms with Gasteiger partial charge in [0, 0.05) is 10.4 Å². The van der Waals surface area contributed by atoms with Gasteiger partial charge in [-0.2, -0.15) is 9.78 Å². The summed E-state index contributed by atoms with van der Waals surface area (Å²) in [5, 5.41) is 5.02. The van der Waals surface area contributed by atoms with Gasteiger partial charge in [0.05, 0.1) is 30.3 Å². The molecule has 0 radical (unpaired) electrons. The number of ether oxygens (including phenoxy) is 2. The number of nitrogens with zero attached hydrogens (tertiary/aromatic N) is 3. The fourth-order valence-electron chi connectivity index (χ4n) is 3.02. The lowest BCUT2D eigenvalue weighted by atomic mass is 10.1. The maximum Gasteiger partial charge on any atom is 0.282 e. The highest BCUT2D eigenvalue weighted by molar-refractivity contribution is 9.10. The number of halogens is 1. The van der Waals surface area contributed by atoms with Gasteiger partial charge in [-0.1, -0.05) is 29.8 Å². The van der Waals surface area contributed by atoms with Crippen LogP contribution in [0.25, 0.3) is 10.9 Å². The van der Waals surface area contributed by atoms with Gasteiger partial charge >= 0.3 is 0 Å². The Morgan fingerprint density at radius 1 is 1.17 bits per heavy atom. The van der Waals surface area contributed by atoms with E-state index in [9.17, 15) is 4.79 Å². The molecule has 7 heteroatoms. The lowest BCUT2D eigenvalue weighted by molar-refractivity contribution is 0.230. The lowest BCUT2D eigenvalue weighted by Gasteiger charge is -2.15. The number of hydrogen-bond donors (Lipinski definition) is 0. The van der Waals surface area contributed by atoms with E-state index < -0.39 is 0 Å². The molecule has 0 bridgehead atoms. The zero-order chi connectivity index (χ0) is 21.8. The van der Waals surface area contributed by atoms with E-state index in [0.29, 0.717) is 28.2 Å². The molecule has 0 saturated carbocycles. The first kappa shape index (κ1) is 22.0.